The number of aromatic amines is 1. The smallest absolute Gasteiger partial charge is 0.270 e. The number of aromatic nitrogens is 6. The van der Waals surface area contributed by atoms with Crippen molar-refractivity contribution in [2.75, 3.05) is 26.3 Å². The molecule has 2 aliphatic heterocycles. The molecule has 1 aliphatic carbocycles. The number of nitrogens with zero attached hydrogens (tertiary/aromatic N) is 6. The lowest BCUT2D eigenvalue weighted by Crippen LogP contribution is -2.55. The minimum atomic E-state index is -0.526. The van der Waals surface area contributed by atoms with E-state index in [-0.39, 0.29) is 17.5 Å². The Morgan fingerprint density at radius 3 is 2.45 bits per heavy atom. The maximum absolute atomic E-state index is 14.7. The van der Waals surface area contributed by atoms with Crippen LogP contribution in [0.2, 0.25) is 0 Å². The largest absolute Gasteiger partial charge is 0.378 e. The van der Waals surface area contributed by atoms with Crippen LogP contribution in [0.25, 0.3) is 22.5 Å². The van der Waals surface area contributed by atoms with Crippen LogP contribution in [-0.2, 0) is 28.9 Å². The highest BCUT2D eigenvalue weighted by Crippen LogP contribution is 2.49. The van der Waals surface area contributed by atoms with Crippen molar-refractivity contribution in [3.05, 3.63) is 75.7 Å². The van der Waals surface area contributed by atoms with E-state index in [4.69, 9.17) is 4.74 Å². The number of fused-ring (bicyclic) bond motifs is 1. The number of H-pyrrole nitrogens is 1. The third kappa shape index (κ3) is 6.08. The molecular formula is C37H47N7O3. The minimum Gasteiger partial charge on any atom is -0.378 e. The monoisotopic (exact) mass is 637 g/mol. The predicted molar refractivity (Wildman–Crippen MR) is 181 cm³/mol. The highest BCUT2D eigenvalue weighted by molar-refractivity contribution is 5.84. The third-order valence-corrected chi connectivity index (χ3v) is 10.8. The highest BCUT2D eigenvalue weighted by Gasteiger charge is 2.51. The first-order valence-corrected chi connectivity index (χ1v) is 17.7. The number of carbonyl (C=O) groups excluding carboxylic acids is 1. The van der Waals surface area contributed by atoms with E-state index < -0.39 is 5.41 Å². The van der Waals surface area contributed by atoms with E-state index in [9.17, 15) is 9.59 Å². The zero-order valence-electron chi connectivity index (χ0n) is 27.6. The number of tetrazole rings is 1. The fourth-order valence-electron chi connectivity index (χ4n) is 8.44. The average Bonchev–Trinajstić information content (AvgIpc) is 3.76. The van der Waals surface area contributed by atoms with Gasteiger partial charge in [0.25, 0.3) is 5.56 Å². The number of morpholine rings is 1. The van der Waals surface area contributed by atoms with Gasteiger partial charge in [-0.15, -0.1) is 10.2 Å². The second kappa shape index (κ2) is 14.0. The predicted octanol–water partition coefficient (Wildman–Crippen LogP) is 5.96. The Morgan fingerprint density at radius 2 is 1.72 bits per heavy atom. The van der Waals surface area contributed by atoms with Gasteiger partial charge in [0.1, 0.15) is 0 Å². The molecule has 2 fully saturated rings. The van der Waals surface area contributed by atoms with Gasteiger partial charge in [-0.25, -0.2) is 4.68 Å². The van der Waals surface area contributed by atoms with Crippen molar-refractivity contribution in [1.82, 2.24) is 34.9 Å². The lowest BCUT2D eigenvalue weighted by atomic mass is 9.66. The van der Waals surface area contributed by atoms with Crippen LogP contribution in [-0.4, -0.2) is 67.1 Å². The Hall–Kier alpha value is -4.05. The molecule has 4 aromatic rings. The molecule has 1 amide bonds. The Bertz CT molecular complexity index is 1710. The summed E-state index contributed by atoms with van der Waals surface area (Å²) in [6.45, 7) is 5.53. The molecule has 1 N–H and O–H groups in total. The number of benzene rings is 2. The van der Waals surface area contributed by atoms with Gasteiger partial charge in [-0.3, -0.25) is 14.3 Å². The number of hydrogen-bond donors (Lipinski definition) is 1. The number of unbranched alkanes of at least 4 members (excludes halogenated alkanes) is 2. The molecular weight excluding hydrogens is 590 g/mol. The molecule has 1 saturated carbocycles. The van der Waals surface area contributed by atoms with E-state index in [2.05, 4.69) is 67.2 Å². The second-order valence-electron chi connectivity index (χ2n) is 13.6. The molecule has 10 nitrogen and oxygen atoms in total. The van der Waals surface area contributed by atoms with Crippen molar-refractivity contribution in [3.8, 4) is 22.5 Å². The quantitative estimate of drug-likeness (QED) is 0.215. The topological polar surface area (TPSA) is 111 Å². The Morgan fingerprint density at radius 1 is 0.957 bits per heavy atom. The maximum Gasteiger partial charge on any atom is 0.270 e. The molecule has 0 bridgehead atoms. The van der Waals surface area contributed by atoms with Crippen LogP contribution in [0.3, 0.4) is 0 Å². The van der Waals surface area contributed by atoms with Crippen LogP contribution in [0, 0.1) is 5.41 Å². The highest BCUT2D eigenvalue weighted by atomic mass is 16.5. The van der Waals surface area contributed by atoms with Gasteiger partial charge in [0, 0.05) is 42.9 Å². The molecule has 2 aromatic carbocycles. The first-order valence-electron chi connectivity index (χ1n) is 17.7. The normalized spacial score (nSPS) is 19.4. The number of amides is 1. The van der Waals surface area contributed by atoms with E-state index in [0.29, 0.717) is 38.5 Å². The van der Waals surface area contributed by atoms with Crippen molar-refractivity contribution >= 4 is 5.91 Å². The fourth-order valence-corrected chi connectivity index (χ4v) is 8.44. The summed E-state index contributed by atoms with van der Waals surface area (Å²) in [4.78, 5) is 31.2. The number of hydrogen-bond acceptors (Lipinski definition) is 6. The Kier molecular flexibility index (Phi) is 9.38. The SMILES string of the molecule is CCCCCc1c(Cc2ccc(-c3ccccc3-c3nn[nH]n3)cc2)c(=O)n2n1CCCC2C1(C(=O)N2CCOCC2)CCCCC1. The molecule has 7 rings (SSSR count). The molecule has 1 atom stereocenters. The van der Waals surface area contributed by atoms with Gasteiger partial charge in [0.15, 0.2) is 0 Å². The Balaban J connectivity index is 1.24. The van der Waals surface area contributed by atoms with Crippen molar-refractivity contribution < 1.29 is 9.53 Å². The van der Waals surface area contributed by atoms with Crippen LogP contribution < -0.4 is 5.56 Å². The van der Waals surface area contributed by atoms with E-state index in [1.807, 2.05) is 23.1 Å². The van der Waals surface area contributed by atoms with Crippen LogP contribution in [0.4, 0.5) is 0 Å². The van der Waals surface area contributed by atoms with Gasteiger partial charge in [-0.05, 0) is 60.4 Å². The summed E-state index contributed by atoms with van der Waals surface area (Å²) in [6, 6.07) is 16.5. The van der Waals surface area contributed by atoms with Gasteiger partial charge in [-0.1, -0.05) is 87.6 Å². The lowest BCUT2D eigenvalue weighted by molar-refractivity contribution is -0.153. The zero-order chi connectivity index (χ0) is 32.2. The summed E-state index contributed by atoms with van der Waals surface area (Å²) >= 11 is 0. The van der Waals surface area contributed by atoms with Gasteiger partial charge in [0.2, 0.25) is 11.7 Å². The summed E-state index contributed by atoms with van der Waals surface area (Å²) in [5.41, 5.74) is 5.77. The lowest BCUT2D eigenvalue weighted by Gasteiger charge is -2.47. The average molecular weight is 638 g/mol. The van der Waals surface area contributed by atoms with E-state index in [1.165, 1.54) is 5.69 Å². The summed E-state index contributed by atoms with van der Waals surface area (Å²) in [7, 11) is 0. The van der Waals surface area contributed by atoms with Gasteiger partial charge in [0.05, 0.1) is 24.7 Å². The molecule has 3 aliphatic rings. The Labute approximate surface area is 276 Å². The van der Waals surface area contributed by atoms with Crippen molar-refractivity contribution in [1.29, 1.82) is 0 Å². The van der Waals surface area contributed by atoms with Gasteiger partial charge in [-0.2, -0.15) is 5.21 Å². The first-order chi connectivity index (χ1) is 23.1. The zero-order valence-corrected chi connectivity index (χ0v) is 27.6. The van der Waals surface area contributed by atoms with E-state index >= 15 is 0 Å². The second-order valence-corrected chi connectivity index (χ2v) is 13.6. The van der Waals surface area contributed by atoms with Crippen LogP contribution in [0.15, 0.2) is 53.3 Å². The van der Waals surface area contributed by atoms with Crippen LogP contribution in [0.1, 0.15) is 94.0 Å². The molecule has 0 radical (unpaired) electrons. The third-order valence-electron chi connectivity index (χ3n) is 10.8. The van der Waals surface area contributed by atoms with Crippen molar-refractivity contribution in [2.45, 2.75) is 96.6 Å². The standard InChI is InChI=1S/C37H47N7O3/c1-2-3-5-13-32-31(26-27-15-17-28(18-16-27)29-11-6-7-12-30(29)34-38-40-41-39-34)35(45)44-33(14-10-21-43(32)44)37(19-8-4-9-20-37)36(46)42-22-24-47-25-23-42/h6-7,11-12,15-18,33H,2-5,8-10,13-14,19-26H2,1H3,(H,38,39,40,41). The number of ether oxygens (including phenoxy) is 1. The minimum absolute atomic E-state index is 0.104. The number of rotatable bonds is 10. The molecule has 4 heterocycles. The number of nitrogens with one attached hydrogen (secondary N) is 1. The molecule has 248 valence electrons. The maximum atomic E-state index is 14.7. The van der Waals surface area contributed by atoms with E-state index in [0.717, 1.165) is 105 Å². The van der Waals surface area contributed by atoms with Crippen LogP contribution in [0.5, 0.6) is 0 Å². The molecule has 1 unspecified atom stereocenters. The van der Waals surface area contributed by atoms with Gasteiger partial charge < -0.3 is 9.64 Å². The van der Waals surface area contributed by atoms with Crippen molar-refractivity contribution in [2.24, 2.45) is 5.41 Å². The summed E-state index contributed by atoms with van der Waals surface area (Å²) in [5.74, 6) is 0.809. The molecule has 2 aromatic heterocycles. The van der Waals surface area contributed by atoms with Gasteiger partial charge >= 0.3 is 0 Å². The molecule has 10 heteroatoms. The summed E-state index contributed by atoms with van der Waals surface area (Å²) in [6.07, 6.45) is 11.6. The number of carbonyl (C=O) groups is 1. The molecule has 47 heavy (non-hydrogen) atoms. The molecule has 1 saturated heterocycles. The van der Waals surface area contributed by atoms with E-state index in [1.54, 1.807) is 0 Å². The van der Waals surface area contributed by atoms with Crippen LogP contribution >= 0.6 is 0 Å². The first kappa shape index (κ1) is 31.5. The van der Waals surface area contributed by atoms with Crippen molar-refractivity contribution in [3.63, 3.8) is 0 Å². The molecule has 0 spiro atoms. The summed E-state index contributed by atoms with van der Waals surface area (Å²) in [5, 5.41) is 14.7. The fraction of sp³-hybridized carbons (Fsp3) is 0.541. The summed E-state index contributed by atoms with van der Waals surface area (Å²) < 4.78 is 9.98.